The average molecular weight is 294 g/mol. The number of fused-ring (bicyclic) bond motifs is 1. The third-order valence-electron chi connectivity index (χ3n) is 4.85. The molecule has 0 aromatic heterocycles. The van der Waals surface area contributed by atoms with Gasteiger partial charge in [-0.2, -0.15) is 0 Å². The lowest BCUT2D eigenvalue weighted by atomic mass is 9.73. The normalized spacial score (nSPS) is 46.4. The molecular formula is C16H22O5. The molecule has 0 aromatic carbocycles. The van der Waals surface area contributed by atoms with Gasteiger partial charge in [-0.05, 0) is 6.42 Å². The second-order valence-electron chi connectivity index (χ2n) is 6.12. The van der Waals surface area contributed by atoms with Crippen LogP contribution in [0.15, 0.2) is 24.3 Å². The number of allylic oxidation sites excluding steroid dienone is 3. The maximum Gasteiger partial charge on any atom is 0.143 e. The van der Waals surface area contributed by atoms with Gasteiger partial charge in [0, 0.05) is 25.9 Å². The Morgan fingerprint density at radius 2 is 2.10 bits per heavy atom. The van der Waals surface area contributed by atoms with Gasteiger partial charge in [-0.1, -0.05) is 24.3 Å². The first-order valence-electron chi connectivity index (χ1n) is 7.52. The molecule has 1 saturated heterocycles. The maximum atomic E-state index is 12.4. The molecule has 0 bridgehead atoms. The Bertz CT molecular complexity index is 458. The van der Waals surface area contributed by atoms with E-state index in [0.29, 0.717) is 12.8 Å². The molecule has 7 unspecified atom stereocenters. The Kier molecular flexibility index (Phi) is 4.26. The molecule has 0 radical (unpaired) electrons. The molecule has 3 rings (SSSR count). The zero-order valence-electron chi connectivity index (χ0n) is 12.1. The molecule has 2 N–H and O–H groups in total. The minimum absolute atomic E-state index is 0.0145. The number of rotatable bonds is 2. The van der Waals surface area contributed by atoms with Crippen LogP contribution in [-0.2, 0) is 14.3 Å². The Labute approximate surface area is 124 Å². The van der Waals surface area contributed by atoms with Crippen molar-refractivity contribution < 1.29 is 24.5 Å². The molecule has 116 valence electrons. The zero-order chi connectivity index (χ0) is 15.0. The predicted molar refractivity (Wildman–Crippen MR) is 75.6 cm³/mol. The van der Waals surface area contributed by atoms with Crippen LogP contribution in [0.3, 0.4) is 0 Å². The first-order chi connectivity index (χ1) is 10.1. The second-order valence-corrected chi connectivity index (χ2v) is 6.12. The summed E-state index contributed by atoms with van der Waals surface area (Å²) in [4.78, 5) is 12.4. The molecule has 0 amide bonds. The highest BCUT2D eigenvalue weighted by Gasteiger charge is 2.51. The Morgan fingerprint density at radius 3 is 2.76 bits per heavy atom. The van der Waals surface area contributed by atoms with E-state index in [2.05, 4.69) is 12.2 Å². The number of aliphatic hydroxyl groups excluding tert-OH is 2. The number of methoxy groups -OCH3 is 1. The van der Waals surface area contributed by atoms with E-state index < -0.39 is 30.3 Å². The lowest BCUT2D eigenvalue weighted by Crippen LogP contribution is -2.60. The van der Waals surface area contributed by atoms with Crippen LogP contribution in [0.2, 0.25) is 0 Å². The fraction of sp³-hybridized carbons (Fsp3) is 0.688. The monoisotopic (exact) mass is 294 g/mol. The fourth-order valence-corrected chi connectivity index (χ4v) is 3.74. The van der Waals surface area contributed by atoms with Gasteiger partial charge in [0.1, 0.15) is 11.9 Å². The Morgan fingerprint density at radius 1 is 1.29 bits per heavy atom. The van der Waals surface area contributed by atoms with E-state index in [-0.39, 0.29) is 17.8 Å². The first kappa shape index (κ1) is 14.9. The van der Waals surface area contributed by atoms with Gasteiger partial charge in [0.2, 0.25) is 0 Å². The smallest absolute Gasteiger partial charge is 0.143 e. The van der Waals surface area contributed by atoms with Gasteiger partial charge in [0.15, 0.2) is 0 Å². The van der Waals surface area contributed by atoms with Crippen molar-refractivity contribution in [3.05, 3.63) is 24.3 Å². The van der Waals surface area contributed by atoms with Crippen LogP contribution >= 0.6 is 0 Å². The van der Waals surface area contributed by atoms with Crippen LogP contribution in [0.25, 0.3) is 0 Å². The van der Waals surface area contributed by atoms with Gasteiger partial charge in [0.05, 0.1) is 30.3 Å². The Balaban J connectivity index is 1.75. The summed E-state index contributed by atoms with van der Waals surface area (Å²) in [5, 5.41) is 20.4. The number of ketones is 1. The summed E-state index contributed by atoms with van der Waals surface area (Å²) >= 11 is 0. The maximum absolute atomic E-state index is 12.4. The fourth-order valence-electron chi connectivity index (χ4n) is 3.74. The summed E-state index contributed by atoms with van der Waals surface area (Å²) in [5.74, 6) is -0.382. The SMILES string of the molecule is COC1C(O)CC2OC(C3C=CC=CC3)CC(=O)C2C1O. The number of carbonyl (C=O) groups excluding carboxylic acids is 1. The van der Waals surface area contributed by atoms with Crippen molar-refractivity contribution >= 4 is 5.78 Å². The molecule has 2 fully saturated rings. The predicted octanol–water partition coefficient (Wildman–Crippen LogP) is 0.602. The minimum atomic E-state index is -1.00. The van der Waals surface area contributed by atoms with E-state index >= 15 is 0 Å². The molecule has 1 saturated carbocycles. The summed E-state index contributed by atoms with van der Waals surface area (Å²) in [6, 6.07) is 0. The molecule has 3 aliphatic rings. The number of aliphatic hydroxyl groups is 2. The van der Waals surface area contributed by atoms with Crippen LogP contribution in [0.4, 0.5) is 0 Å². The van der Waals surface area contributed by atoms with E-state index in [1.54, 1.807) is 0 Å². The summed E-state index contributed by atoms with van der Waals surface area (Å²) in [7, 11) is 1.44. The number of Topliss-reactive ketones (excluding diaryl/α,β-unsaturated/α-hetero) is 1. The van der Waals surface area contributed by atoms with Crippen molar-refractivity contribution in [1.29, 1.82) is 0 Å². The van der Waals surface area contributed by atoms with Crippen molar-refractivity contribution in [3.63, 3.8) is 0 Å². The number of hydrogen-bond acceptors (Lipinski definition) is 5. The van der Waals surface area contributed by atoms with Gasteiger partial charge in [-0.15, -0.1) is 0 Å². The summed E-state index contributed by atoms with van der Waals surface area (Å²) in [6.45, 7) is 0. The lowest BCUT2D eigenvalue weighted by Gasteiger charge is -2.46. The standard InChI is InChI=1S/C16H22O5/c1-20-16-11(18)8-13-14(15(16)19)10(17)7-12(21-13)9-5-3-2-4-6-9/h2-5,9,11-16,18-19H,6-8H2,1H3. The number of ether oxygens (including phenoxy) is 2. The zero-order valence-corrected chi connectivity index (χ0v) is 12.1. The van der Waals surface area contributed by atoms with Gasteiger partial charge in [-0.25, -0.2) is 0 Å². The molecule has 1 aliphatic heterocycles. The van der Waals surface area contributed by atoms with Crippen LogP contribution in [0, 0.1) is 11.8 Å². The Hall–Kier alpha value is -1.01. The molecule has 5 heteroatoms. The summed E-state index contributed by atoms with van der Waals surface area (Å²) in [6.07, 6.45) is 6.47. The lowest BCUT2D eigenvalue weighted by molar-refractivity contribution is -0.205. The van der Waals surface area contributed by atoms with E-state index in [4.69, 9.17) is 9.47 Å². The van der Waals surface area contributed by atoms with Crippen LogP contribution in [0.1, 0.15) is 19.3 Å². The van der Waals surface area contributed by atoms with Crippen LogP contribution in [-0.4, -0.2) is 53.6 Å². The van der Waals surface area contributed by atoms with Crippen molar-refractivity contribution in [2.45, 2.75) is 49.8 Å². The molecule has 2 aliphatic carbocycles. The highest BCUT2D eigenvalue weighted by molar-refractivity contribution is 5.83. The molecular weight excluding hydrogens is 272 g/mol. The first-order valence-corrected chi connectivity index (χ1v) is 7.52. The largest absolute Gasteiger partial charge is 0.390 e. The van der Waals surface area contributed by atoms with E-state index in [1.165, 1.54) is 7.11 Å². The minimum Gasteiger partial charge on any atom is -0.390 e. The summed E-state index contributed by atoms with van der Waals surface area (Å²) in [5.41, 5.74) is 0. The number of hydrogen-bond donors (Lipinski definition) is 2. The number of carbonyl (C=O) groups is 1. The van der Waals surface area contributed by atoms with Gasteiger partial charge in [-0.3, -0.25) is 4.79 Å². The third kappa shape index (κ3) is 2.71. The quantitative estimate of drug-likeness (QED) is 0.780. The second kappa shape index (κ2) is 6.01. The van der Waals surface area contributed by atoms with Gasteiger partial charge in [0.25, 0.3) is 0 Å². The van der Waals surface area contributed by atoms with Gasteiger partial charge < -0.3 is 19.7 Å². The summed E-state index contributed by atoms with van der Waals surface area (Å²) < 4.78 is 11.2. The van der Waals surface area contributed by atoms with Crippen molar-refractivity contribution in [2.75, 3.05) is 7.11 Å². The van der Waals surface area contributed by atoms with E-state index in [0.717, 1.165) is 6.42 Å². The van der Waals surface area contributed by atoms with Crippen molar-refractivity contribution in [3.8, 4) is 0 Å². The highest BCUT2D eigenvalue weighted by atomic mass is 16.5. The highest BCUT2D eigenvalue weighted by Crippen LogP contribution is 2.38. The molecule has 0 spiro atoms. The topological polar surface area (TPSA) is 76.0 Å². The van der Waals surface area contributed by atoms with E-state index in [1.807, 2.05) is 12.2 Å². The van der Waals surface area contributed by atoms with Crippen LogP contribution < -0.4 is 0 Å². The van der Waals surface area contributed by atoms with Crippen LogP contribution in [0.5, 0.6) is 0 Å². The average Bonchev–Trinajstić information content (AvgIpc) is 2.47. The molecule has 5 nitrogen and oxygen atoms in total. The molecule has 7 atom stereocenters. The molecule has 1 heterocycles. The van der Waals surface area contributed by atoms with Crippen molar-refractivity contribution in [2.24, 2.45) is 11.8 Å². The van der Waals surface area contributed by atoms with Crippen molar-refractivity contribution in [1.82, 2.24) is 0 Å². The molecule has 21 heavy (non-hydrogen) atoms. The van der Waals surface area contributed by atoms with E-state index in [9.17, 15) is 15.0 Å². The van der Waals surface area contributed by atoms with Gasteiger partial charge >= 0.3 is 0 Å². The third-order valence-corrected chi connectivity index (χ3v) is 4.85. The molecule has 0 aromatic rings.